The number of fused-ring (bicyclic) bond motifs is 3. The predicted octanol–water partition coefficient (Wildman–Crippen LogP) is 2.28. The maximum absolute atomic E-state index is 10.7. The number of rotatable bonds is 1. The quantitative estimate of drug-likeness (QED) is 0.543. The molecule has 0 radical (unpaired) electrons. The fourth-order valence-corrected chi connectivity index (χ4v) is 2.27. The summed E-state index contributed by atoms with van der Waals surface area (Å²) >= 11 is 0. The number of nitrogens with zero attached hydrogens (tertiary/aromatic N) is 3. The Morgan fingerprint density at radius 2 is 2.25 bits per heavy atom. The van der Waals surface area contributed by atoms with Crippen molar-refractivity contribution in [3.63, 3.8) is 0 Å². The molecule has 2 heterocycles. The molecule has 3 rings (SSSR count). The van der Waals surface area contributed by atoms with Crippen molar-refractivity contribution in [2.45, 2.75) is 25.8 Å². The van der Waals surface area contributed by atoms with E-state index in [2.05, 4.69) is 9.55 Å². The maximum Gasteiger partial charge on any atom is 0.271 e. The fraction of sp³-hybridized carbons (Fsp3) is 0.364. The van der Waals surface area contributed by atoms with Crippen LogP contribution in [0.5, 0.6) is 0 Å². The van der Waals surface area contributed by atoms with E-state index in [0.29, 0.717) is 0 Å². The van der Waals surface area contributed by atoms with Crippen molar-refractivity contribution < 1.29 is 4.92 Å². The zero-order valence-electron chi connectivity index (χ0n) is 8.72. The third-order valence-corrected chi connectivity index (χ3v) is 3.05. The van der Waals surface area contributed by atoms with Gasteiger partial charge in [0.05, 0.1) is 16.0 Å². The first-order valence-corrected chi connectivity index (χ1v) is 5.39. The summed E-state index contributed by atoms with van der Waals surface area (Å²) in [4.78, 5) is 14.8. The Kier molecular flexibility index (Phi) is 1.92. The van der Waals surface area contributed by atoms with Gasteiger partial charge in [-0.25, -0.2) is 4.98 Å². The SMILES string of the molecule is O=[N+]([O-])c1ccc2nc3n(c2c1)CCCC3. The lowest BCUT2D eigenvalue weighted by Crippen LogP contribution is -2.10. The molecule has 5 heteroatoms. The van der Waals surface area contributed by atoms with Crippen LogP contribution in [0.25, 0.3) is 11.0 Å². The fourth-order valence-electron chi connectivity index (χ4n) is 2.27. The van der Waals surface area contributed by atoms with Gasteiger partial charge in [-0.3, -0.25) is 10.1 Å². The van der Waals surface area contributed by atoms with E-state index in [1.54, 1.807) is 12.1 Å². The van der Waals surface area contributed by atoms with Crippen molar-refractivity contribution >= 4 is 16.7 Å². The number of aromatic nitrogens is 2. The monoisotopic (exact) mass is 217 g/mol. The zero-order chi connectivity index (χ0) is 11.1. The molecule has 1 aliphatic rings. The molecule has 0 saturated carbocycles. The lowest BCUT2D eigenvalue weighted by atomic mass is 10.1. The number of hydrogen-bond donors (Lipinski definition) is 0. The molecule has 82 valence electrons. The molecule has 0 N–H and O–H groups in total. The van der Waals surface area contributed by atoms with Gasteiger partial charge in [-0.05, 0) is 18.9 Å². The summed E-state index contributed by atoms with van der Waals surface area (Å²) in [5.41, 5.74) is 1.90. The van der Waals surface area contributed by atoms with E-state index in [4.69, 9.17) is 0 Å². The van der Waals surface area contributed by atoms with Gasteiger partial charge in [-0.15, -0.1) is 0 Å². The van der Waals surface area contributed by atoms with Crippen molar-refractivity contribution in [2.24, 2.45) is 0 Å². The number of benzene rings is 1. The Bertz CT molecular complexity index is 574. The Morgan fingerprint density at radius 1 is 1.38 bits per heavy atom. The van der Waals surface area contributed by atoms with Crippen molar-refractivity contribution in [1.82, 2.24) is 9.55 Å². The topological polar surface area (TPSA) is 61.0 Å². The van der Waals surface area contributed by atoms with E-state index in [0.717, 1.165) is 42.7 Å². The smallest absolute Gasteiger partial charge is 0.271 e. The van der Waals surface area contributed by atoms with Crippen LogP contribution in [-0.2, 0) is 13.0 Å². The van der Waals surface area contributed by atoms with Crippen LogP contribution in [0, 0.1) is 10.1 Å². The predicted molar refractivity (Wildman–Crippen MR) is 59.3 cm³/mol. The molecule has 16 heavy (non-hydrogen) atoms. The van der Waals surface area contributed by atoms with E-state index in [1.807, 2.05) is 0 Å². The Labute approximate surface area is 91.9 Å². The molecule has 0 spiro atoms. The average molecular weight is 217 g/mol. The summed E-state index contributed by atoms with van der Waals surface area (Å²) in [6, 6.07) is 4.87. The Morgan fingerprint density at radius 3 is 3.06 bits per heavy atom. The molecular formula is C11H11N3O2. The summed E-state index contributed by atoms with van der Waals surface area (Å²) in [6.45, 7) is 0.924. The van der Waals surface area contributed by atoms with Crippen LogP contribution >= 0.6 is 0 Å². The summed E-state index contributed by atoms with van der Waals surface area (Å²) in [5.74, 6) is 1.06. The van der Waals surface area contributed by atoms with Crippen LogP contribution in [0.15, 0.2) is 18.2 Å². The highest BCUT2D eigenvalue weighted by Crippen LogP contribution is 2.25. The third-order valence-electron chi connectivity index (χ3n) is 3.05. The minimum atomic E-state index is -0.359. The first-order chi connectivity index (χ1) is 7.75. The number of imidazole rings is 1. The molecule has 0 amide bonds. The van der Waals surface area contributed by atoms with E-state index < -0.39 is 0 Å². The number of hydrogen-bond acceptors (Lipinski definition) is 3. The van der Waals surface area contributed by atoms with Gasteiger partial charge in [-0.2, -0.15) is 0 Å². The van der Waals surface area contributed by atoms with Crippen LogP contribution in [0.4, 0.5) is 5.69 Å². The highest BCUT2D eigenvalue weighted by atomic mass is 16.6. The van der Waals surface area contributed by atoms with Crippen LogP contribution in [-0.4, -0.2) is 14.5 Å². The van der Waals surface area contributed by atoms with E-state index >= 15 is 0 Å². The normalized spacial score (nSPS) is 15.0. The van der Waals surface area contributed by atoms with Gasteiger partial charge in [0.15, 0.2) is 0 Å². The van der Waals surface area contributed by atoms with E-state index in [-0.39, 0.29) is 10.6 Å². The molecule has 5 nitrogen and oxygen atoms in total. The molecule has 1 aromatic heterocycles. The Hall–Kier alpha value is -1.91. The standard InChI is InChI=1S/C11H11N3O2/c15-14(16)8-4-5-9-10(7-8)13-6-2-1-3-11(13)12-9/h4-5,7H,1-3,6H2. The number of aryl methyl sites for hydroxylation is 2. The summed E-state index contributed by atoms with van der Waals surface area (Å²) in [6.07, 6.45) is 3.26. The molecule has 0 unspecified atom stereocenters. The number of nitro benzene ring substituents is 1. The van der Waals surface area contributed by atoms with Crippen LogP contribution in [0.3, 0.4) is 0 Å². The molecule has 1 aromatic carbocycles. The van der Waals surface area contributed by atoms with Gasteiger partial charge in [-0.1, -0.05) is 0 Å². The second-order valence-electron chi connectivity index (χ2n) is 4.07. The van der Waals surface area contributed by atoms with Gasteiger partial charge in [0.1, 0.15) is 5.82 Å². The second-order valence-corrected chi connectivity index (χ2v) is 4.07. The molecule has 0 aliphatic carbocycles. The molecule has 0 saturated heterocycles. The van der Waals surface area contributed by atoms with Gasteiger partial charge in [0.2, 0.25) is 0 Å². The van der Waals surface area contributed by atoms with Crippen molar-refractivity contribution in [3.05, 3.63) is 34.1 Å². The molecule has 0 fully saturated rings. The average Bonchev–Trinajstić information content (AvgIpc) is 2.66. The van der Waals surface area contributed by atoms with Crippen LogP contribution in [0.2, 0.25) is 0 Å². The molecule has 0 atom stereocenters. The van der Waals surface area contributed by atoms with Crippen molar-refractivity contribution in [1.29, 1.82) is 0 Å². The third kappa shape index (κ3) is 1.28. The lowest BCUT2D eigenvalue weighted by molar-refractivity contribution is -0.384. The van der Waals surface area contributed by atoms with Crippen LogP contribution < -0.4 is 0 Å². The lowest BCUT2D eigenvalue weighted by Gasteiger charge is -2.13. The second kappa shape index (κ2) is 3.30. The zero-order valence-corrected chi connectivity index (χ0v) is 8.72. The summed E-state index contributed by atoms with van der Waals surface area (Å²) < 4.78 is 2.10. The van der Waals surface area contributed by atoms with Crippen molar-refractivity contribution in [3.8, 4) is 0 Å². The molecule has 2 aromatic rings. The van der Waals surface area contributed by atoms with Crippen molar-refractivity contribution in [2.75, 3.05) is 0 Å². The minimum Gasteiger partial charge on any atom is -0.328 e. The van der Waals surface area contributed by atoms with Gasteiger partial charge in [0, 0.05) is 25.1 Å². The van der Waals surface area contributed by atoms with Gasteiger partial charge >= 0.3 is 0 Å². The highest BCUT2D eigenvalue weighted by Gasteiger charge is 2.16. The Balaban J connectivity index is 2.25. The first kappa shape index (κ1) is 9.33. The molecular weight excluding hydrogens is 206 g/mol. The van der Waals surface area contributed by atoms with E-state index in [1.165, 1.54) is 6.07 Å². The number of nitro groups is 1. The largest absolute Gasteiger partial charge is 0.328 e. The maximum atomic E-state index is 10.7. The molecule has 0 bridgehead atoms. The van der Waals surface area contributed by atoms with E-state index in [9.17, 15) is 10.1 Å². The summed E-state index contributed by atoms with van der Waals surface area (Å²) in [7, 11) is 0. The summed E-state index contributed by atoms with van der Waals surface area (Å²) in [5, 5.41) is 10.7. The minimum absolute atomic E-state index is 0.140. The van der Waals surface area contributed by atoms with Crippen LogP contribution in [0.1, 0.15) is 18.7 Å². The van der Waals surface area contributed by atoms with Gasteiger partial charge in [0.25, 0.3) is 5.69 Å². The van der Waals surface area contributed by atoms with Gasteiger partial charge < -0.3 is 4.57 Å². The molecule has 1 aliphatic heterocycles. The first-order valence-electron chi connectivity index (χ1n) is 5.39. The number of non-ortho nitro benzene ring substituents is 1. The highest BCUT2D eigenvalue weighted by molar-refractivity contribution is 5.78.